The molecular formula is C10H9ClN2O. The molecule has 14 heavy (non-hydrogen) atoms. The highest BCUT2D eigenvalue weighted by atomic mass is 35.5. The van der Waals surface area contributed by atoms with Crippen molar-refractivity contribution in [1.29, 1.82) is 0 Å². The van der Waals surface area contributed by atoms with Crippen LogP contribution in [0, 0.1) is 6.92 Å². The lowest BCUT2D eigenvalue weighted by Crippen LogP contribution is -2.20. The third-order valence-electron chi connectivity index (χ3n) is 2.24. The molecule has 0 aliphatic rings. The molecule has 1 aromatic carbocycles. The Labute approximate surface area is 85.9 Å². The Hall–Kier alpha value is -1.35. The van der Waals surface area contributed by atoms with E-state index in [1.165, 1.54) is 4.68 Å². The van der Waals surface area contributed by atoms with E-state index in [2.05, 4.69) is 5.10 Å². The van der Waals surface area contributed by atoms with E-state index in [1.54, 1.807) is 13.1 Å². The van der Waals surface area contributed by atoms with Gasteiger partial charge in [-0.1, -0.05) is 29.8 Å². The molecule has 0 N–H and O–H groups in total. The average molecular weight is 209 g/mol. The Bertz CT molecular complexity index is 560. The second kappa shape index (κ2) is 3.10. The lowest BCUT2D eigenvalue weighted by Gasteiger charge is -2.04. The molecule has 4 heteroatoms. The fraction of sp³-hybridized carbons (Fsp3) is 0.200. The van der Waals surface area contributed by atoms with Crippen molar-refractivity contribution in [3.05, 3.63) is 39.3 Å². The quantitative estimate of drug-likeness (QED) is 0.663. The zero-order valence-electron chi connectivity index (χ0n) is 7.91. The molecule has 0 radical (unpaired) electrons. The summed E-state index contributed by atoms with van der Waals surface area (Å²) in [5.41, 5.74) is 0.815. The standard InChI is InChI=1S/C10H9ClN2O/c1-6-4-3-5-7-8(6)10(14)13(2)12-9(7)11/h3-5H,1-2H3. The number of hydrogen-bond donors (Lipinski definition) is 0. The number of halogens is 1. The summed E-state index contributed by atoms with van der Waals surface area (Å²) in [5, 5.41) is 5.64. The van der Waals surface area contributed by atoms with Gasteiger partial charge in [0.15, 0.2) is 5.15 Å². The number of nitrogens with zero attached hydrogens (tertiary/aromatic N) is 2. The molecule has 0 amide bonds. The van der Waals surface area contributed by atoms with E-state index in [0.29, 0.717) is 10.5 Å². The maximum absolute atomic E-state index is 11.7. The Kier molecular flexibility index (Phi) is 2.04. The molecule has 2 aromatic rings. The fourth-order valence-corrected chi connectivity index (χ4v) is 1.79. The Balaban J connectivity index is 3.11. The van der Waals surface area contributed by atoms with Crippen molar-refractivity contribution in [3.63, 3.8) is 0 Å². The van der Waals surface area contributed by atoms with E-state index in [-0.39, 0.29) is 5.56 Å². The summed E-state index contributed by atoms with van der Waals surface area (Å²) < 4.78 is 1.26. The number of fused-ring (bicyclic) bond motifs is 1. The zero-order valence-corrected chi connectivity index (χ0v) is 8.67. The van der Waals surface area contributed by atoms with Gasteiger partial charge in [0.05, 0.1) is 5.39 Å². The minimum absolute atomic E-state index is 0.109. The van der Waals surface area contributed by atoms with Crippen molar-refractivity contribution in [3.8, 4) is 0 Å². The minimum atomic E-state index is -0.109. The number of aryl methyl sites for hydroxylation is 2. The van der Waals surface area contributed by atoms with Gasteiger partial charge in [-0.2, -0.15) is 5.10 Å². The van der Waals surface area contributed by atoms with Crippen molar-refractivity contribution < 1.29 is 0 Å². The molecular weight excluding hydrogens is 200 g/mol. The first-order valence-electron chi connectivity index (χ1n) is 4.23. The lowest BCUT2D eigenvalue weighted by atomic mass is 10.1. The maximum Gasteiger partial charge on any atom is 0.274 e. The molecule has 2 rings (SSSR count). The van der Waals surface area contributed by atoms with Crippen LogP contribution in [0.2, 0.25) is 5.15 Å². The smallest absolute Gasteiger partial charge is 0.267 e. The van der Waals surface area contributed by atoms with Crippen LogP contribution < -0.4 is 5.56 Å². The summed E-state index contributed by atoms with van der Waals surface area (Å²) in [6.45, 7) is 1.89. The van der Waals surface area contributed by atoms with E-state index in [9.17, 15) is 4.79 Å². The Morgan fingerprint density at radius 2 is 2.14 bits per heavy atom. The van der Waals surface area contributed by atoms with Gasteiger partial charge in [-0.3, -0.25) is 4.79 Å². The van der Waals surface area contributed by atoms with E-state index in [0.717, 1.165) is 10.9 Å². The second-order valence-electron chi connectivity index (χ2n) is 3.22. The topological polar surface area (TPSA) is 34.9 Å². The number of hydrogen-bond acceptors (Lipinski definition) is 2. The van der Waals surface area contributed by atoms with Gasteiger partial charge < -0.3 is 0 Å². The van der Waals surface area contributed by atoms with Crippen molar-refractivity contribution in [2.45, 2.75) is 6.92 Å². The van der Waals surface area contributed by atoms with Gasteiger partial charge in [0, 0.05) is 12.4 Å². The molecule has 72 valence electrons. The average Bonchev–Trinajstić information content (AvgIpc) is 2.14. The highest BCUT2D eigenvalue weighted by molar-refractivity contribution is 6.34. The van der Waals surface area contributed by atoms with Crippen molar-refractivity contribution >= 4 is 22.4 Å². The van der Waals surface area contributed by atoms with Gasteiger partial charge in [0.25, 0.3) is 5.56 Å². The van der Waals surface area contributed by atoms with Crippen LogP contribution in [0.4, 0.5) is 0 Å². The largest absolute Gasteiger partial charge is 0.274 e. The van der Waals surface area contributed by atoms with Crippen molar-refractivity contribution in [2.24, 2.45) is 7.05 Å². The summed E-state index contributed by atoms with van der Waals surface area (Å²) >= 11 is 5.94. The first kappa shape index (κ1) is 9.21. The fourth-order valence-electron chi connectivity index (χ4n) is 1.52. The van der Waals surface area contributed by atoms with Crippen LogP contribution in [0.15, 0.2) is 23.0 Å². The van der Waals surface area contributed by atoms with Crippen LogP contribution in [0.3, 0.4) is 0 Å². The summed E-state index contributed by atoms with van der Waals surface area (Å²) in [6, 6.07) is 5.56. The highest BCUT2D eigenvalue weighted by Gasteiger charge is 2.08. The molecule has 0 aliphatic heterocycles. The highest BCUT2D eigenvalue weighted by Crippen LogP contribution is 2.20. The van der Waals surface area contributed by atoms with Crippen LogP contribution in [-0.2, 0) is 7.05 Å². The second-order valence-corrected chi connectivity index (χ2v) is 3.58. The number of rotatable bonds is 0. The lowest BCUT2D eigenvalue weighted by molar-refractivity contribution is 0.718. The Morgan fingerprint density at radius 1 is 1.43 bits per heavy atom. The van der Waals surface area contributed by atoms with Gasteiger partial charge in [0.2, 0.25) is 0 Å². The van der Waals surface area contributed by atoms with Gasteiger partial charge >= 0.3 is 0 Å². The SMILES string of the molecule is Cc1cccc2c(Cl)nn(C)c(=O)c12. The van der Waals surface area contributed by atoms with E-state index < -0.39 is 0 Å². The predicted octanol–water partition coefficient (Wildman–Crippen LogP) is 1.90. The van der Waals surface area contributed by atoms with Crippen LogP contribution in [0.1, 0.15) is 5.56 Å². The van der Waals surface area contributed by atoms with Gasteiger partial charge in [0.1, 0.15) is 0 Å². The first-order chi connectivity index (χ1) is 6.61. The summed E-state index contributed by atoms with van der Waals surface area (Å²) in [4.78, 5) is 11.7. The van der Waals surface area contributed by atoms with E-state index in [4.69, 9.17) is 11.6 Å². The van der Waals surface area contributed by atoms with Crippen LogP contribution in [0.5, 0.6) is 0 Å². The molecule has 0 saturated heterocycles. The summed E-state index contributed by atoms with van der Waals surface area (Å²) in [6.07, 6.45) is 0. The van der Waals surface area contributed by atoms with Gasteiger partial charge in [-0.15, -0.1) is 0 Å². The van der Waals surface area contributed by atoms with Gasteiger partial charge in [-0.25, -0.2) is 4.68 Å². The molecule has 1 aromatic heterocycles. The molecule has 0 fully saturated rings. The van der Waals surface area contributed by atoms with Crippen LogP contribution in [-0.4, -0.2) is 9.78 Å². The molecule has 0 spiro atoms. The molecule has 0 bridgehead atoms. The van der Waals surface area contributed by atoms with Crippen LogP contribution in [0.25, 0.3) is 10.8 Å². The third kappa shape index (κ3) is 1.21. The Morgan fingerprint density at radius 3 is 2.86 bits per heavy atom. The van der Waals surface area contributed by atoms with Crippen molar-refractivity contribution in [1.82, 2.24) is 9.78 Å². The number of benzene rings is 1. The van der Waals surface area contributed by atoms with E-state index in [1.807, 2.05) is 19.1 Å². The summed E-state index contributed by atoms with van der Waals surface area (Å²) in [5.74, 6) is 0. The molecule has 3 nitrogen and oxygen atoms in total. The monoisotopic (exact) mass is 208 g/mol. The molecule has 0 atom stereocenters. The normalized spacial score (nSPS) is 10.8. The summed E-state index contributed by atoms with van der Waals surface area (Å²) in [7, 11) is 1.60. The first-order valence-corrected chi connectivity index (χ1v) is 4.61. The predicted molar refractivity (Wildman–Crippen MR) is 56.7 cm³/mol. The number of aromatic nitrogens is 2. The molecule has 1 heterocycles. The van der Waals surface area contributed by atoms with E-state index >= 15 is 0 Å². The molecule has 0 aliphatic carbocycles. The van der Waals surface area contributed by atoms with Crippen LogP contribution >= 0.6 is 11.6 Å². The van der Waals surface area contributed by atoms with Crippen molar-refractivity contribution in [2.75, 3.05) is 0 Å². The minimum Gasteiger partial charge on any atom is -0.267 e. The molecule has 0 unspecified atom stereocenters. The maximum atomic E-state index is 11.7. The third-order valence-corrected chi connectivity index (χ3v) is 2.52. The molecule has 0 saturated carbocycles. The van der Waals surface area contributed by atoms with Gasteiger partial charge in [-0.05, 0) is 12.5 Å². The zero-order chi connectivity index (χ0) is 10.3.